The molecule has 4 nitrogen and oxygen atoms in total. The summed E-state index contributed by atoms with van der Waals surface area (Å²) < 4.78 is 4.78. The van der Waals surface area contributed by atoms with Gasteiger partial charge in [-0.3, -0.25) is 0 Å². The third kappa shape index (κ3) is 1.72. The zero-order valence-electron chi connectivity index (χ0n) is 5.07. The molecular formula is C5H6ClN3O. The van der Waals surface area contributed by atoms with E-state index in [1.807, 2.05) is 0 Å². The summed E-state index contributed by atoms with van der Waals surface area (Å²) in [6.07, 6.45) is 1.35. The molecule has 1 aromatic heterocycles. The Labute approximate surface area is 64.1 Å². The summed E-state index contributed by atoms with van der Waals surface area (Å²) in [5, 5.41) is 8.22. The van der Waals surface area contributed by atoms with Crippen molar-refractivity contribution in [3.63, 3.8) is 0 Å². The first-order valence-corrected chi connectivity index (χ1v) is 2.41. The zero-order valence-corrected chi connectivity index (χ0v) is 5.89. The van der Waals surface area contributed by atoms with Gasteiger partial charge < -0.3 is 10.2 Å². The first-order chi connectivity index (χ1) is 4.36. The number of nitrogens with zero attached hydrogens (tertiary/aromatic N) is 2. The van der Waals surface area contributed by atoms with Crippen LogP contribution in [0, 0.1) is 11.3 Å². The smallest absolute Gasteiger partial charge is 0.224 e. The van der Waals surface area contributed by atoms with Crippen molar-refractivity contribution < 1.29 is 4.42 Å². The van der Waals surface area contributed by atoms with Gasteiger partial charge in [-0.25, -0.2) is 4.98 Å². The van der Waals surface area contributed by atoms with Gasteiger partial charge in [0.15, 0.2) is 0 Å². The fourth-order valence-electron chi connectivity index (χ4n) is 0.456. The van der Waals surface area contributed by atoms with E-state index in [1.54, 1.807) is 6.07 Å². The maximum absolute atomic E-state index is 8.22. The van der Waals surface area contributed by atoms with Crippen LogP contribution in [0.3, 0.4) is 0 Å². The monoisotopic (exact) mass is 159 g/mol. The van der Waals surface area contributed by atoms with Crippen molar-refractivity contribution in [2.45, 2.75) is 6.54 Å². The van der Waals surface area contributed by atoms with E-state index < -0.39 is 0 Å². The molecule has 0 amide bonds. The van der Waals surface area contributed by atoms with Crippen molar-refractivity contribution in [1.82, 2.24) is 4.98 Å². The van der Waals surface area contributed by atoms with E-state index in [2.05, 4.69) is 4.98 Å². The standard InChI is InChI=1S/C5H5N3O.ClH/c6-1-4-3-8-5(2-7)9-4;/h3H,2,7H2;1H. The predicted octanol–water partition coefficient (Wildman–Crippen LogP) is 0.427. The summed E-state index contributed by atoms with van der Waals surface area (Å²) in [7, 11) is 0. The van der Waals surface area contributed by atoms with Crippen LogP contribution in [0.4, 0.5) is 0 Å². The lowest BCUT2D eigenvalue weighted by molar-refractivity contribution is 0.487. The summed E-state index contributed by atoms with van der Waals surface area (Å²) >= 11 is 0. The minimum atomic E-state index is 0. The van der Waals surface area contributed by atoms with E-state index >= 15 is 0 Å². The van der Waals surface area contributed by atoms with Crippen molar-refractivity contribution in [2.75, 3.05) is 0 Å². The van der Waals surface area contributed by atoms with Gasteiger partial charge in [-0.2, -0.15) is 5.26 Å². The minimum Gasteiger partial charge on any atom is -0.429 e. The van der Waals surface area contributed by atoms with Crippen LogP contribution >= 0.6 is 12.4 Å². The predicted molar refractivity (Wildman–Crippen MR) is 36.4 cm³/mol. The molecule has 0 fully saturated rings. The Morgan fingerprint density at radius 2 is 2.50 bits per heavy atom. The fraction of sp³-hybridized carbons (Fsp3) is 0.200. The first-order valence-electron chi connectivity index (χ1n) is 2.41. The van der Waals surface area contributed by atoms with E-state index in [1.165, 1.54) is 6.20 Å². The van der Waals surface area contributed by atoms with Crippen molar-refractivity contribution in [1.29, 1.82) is 5.26 Å². The van der Waals surface area contributed by atoms with Gasteiger partial charge in [-0.05, 0) is 0 Å². The van der Waals surface area contributed by atoms with E-state index in [-0.39, 0.29) is 24.7 Å². The third-order valence-electron chi connectivity index (χ3n) is 0.838. The molecule has 0 saturated carbocycles. The summed E-state index contributed by atoms with van der Waals surface area (Å²) in [6, 6.07) is 1.80. The van der Waals surface area contributed by atoms with Gasteiger partial charge in [-0.15, -0.1) is 12.4 Å². The third-order valence-corrected chi connectivity index (χ3v) is 0.838. The number of oxazole rings is 1. The highest BCUT2D eigenvalue weighted by Gasteiger charge is 1.97. The van der Waals surface area contributed by atoms with Gasteiger partial charge in [-0.1, -0.05) is 0 Å². The molecule has 0 spiro atoms. The lowest BCUT2D eigenvalue weighted by Crippen LogP contribution is -1.94. The number of hydrogen-bond donors (Lipinski definition) is 1. The Hall–Kier alpha value is -1.05. The molecule has 0 saturated heterocycles. The first kappa shape index (κ1) is 8.95. The molecular weight excluding hydrogens is 154 g/mol. The highest BCUT2D eigenvalue weighted by molar-refractivity contribution is 5.85. The van der Waals surface area contributed by atoms with Crippen molar-refractivity contribution in [3.8, 4) is 6.07 Å². The van der Waals surface area contributed by atoms with Gasteiger partial charge in [0.25, 0.3) is 0 Å². The second kappa shape index (κ2) is 3.88. The van der Waals surface area contributed by atoms with Crippen LogP contribution in [0.25, 0.3) is 0 Å². The van der Waals surface area contributed by atoms with Crippen LogP contribution in [-0.2, 0) is 6.54 Å². The van der Waals surface area contributed by atoms with Gasteiger partial charge in [0.05, 0.1) is 12.7 Å². The number of aromatic nitrogens is 1. The molecule has 0 atom stereocenters. The molecule has 1 rings (SSSR count). The quantitative estimate of drug-likeness (QED) is 0.645. The van der Waals surface area contributed by atoms with Gasteiger partial charge in [0.1, 0.15) is 6.07 Å². The van der Waals surface area contributed by atoms with Crippen LogP contribution < -0.4 is 5.73 Å². The number of halogens is 1. The molecule has 10 heavy (non-hydrogen) atoms. The normalized spacial score (nSPS) is 8.00. The van der Waals surface area contributed by atoms with E-state index in [0.29, 0.717) is 5.89 Å². The van der Waals surface area contributed by atoms with Gasteiger partial charge in [0, 0.05) is 0 Å². The number of hydrogen-bond acceptors (Lipinski definition) is 4. The molecule has 1 heterocycles. The second-order valence-corrected chi connectivity index (χ2v) is 1.43. The summed E-state index contributed by atoms with van der Waals surface area (Å²) in [5.74, 6) is 0.599. The van der Waals surface area contributed by atoms with Crippen molar-refractivity contribution in [3.05, 3.63) is 17.8 Å². The molecule has 0 aromatic carbocycles. The van der Waals surface area contributed by atoms with Crippen LogP contribution in [0.5, 0.6) is 0 Å². The molecule has 0 aliphatic heterocycles. The second-order valence-electron chi connectivity index (χ2n) is 1.43. The van der Waals surface area contributed by atoms with Gasteiger partial charge in [0.2, 0.25) is 11.7 Å². The average molecular weight is 160 g/mol. The number of nitriles is 1. The Morgan fingerprint density at radius 3 is 2.80 bits per heavy atom. The van der Waals surface area contributed by atoms with Crippen molar-refractivity contribution in [2.24, 2.45) is 5.73 Å². The molecule has 5 heteroatoms. The summed E-state index contributed by atoms with van der Waals surface area (Å²) in [6.45, 7) is 0.238. The Kier molecular flexibility index (Phi) is 3.47. The van der Waals surface area contributed by atoms with Crippen LogP contribution in [0.15, 0.2) is 10.6 Å². The maximum Gasteiger partial charge on any atom is 0.224 e. The molecule has 0 unspecified atom stereocenters. The molecule has 54 valence electrons. The van der Waals surface area contributed by atoms with E-state index in [0.717, 1.165) is 0 Å². The molecule has 0 aliphatic rings. The molecule has 1 aromatic rings. The zero-order chi connectivity index (χ0) is 6.69. The number of nitrogens with two attached hydrogens (primary N) is 1. The molecule has 2 N–H and O–H groups in total. The highest BCUT2D eigenvalue weighted by Crippen LogP contribution is 1.99. The van der Waals surface area contributed by atoms with Gasteiger partial charge >= 0.3 is 0 Å². The number of rotatable bonds is 1. The van der Waals surface area contributed by atoms with E-state index in [9.17, 15) is 0 Å². The van der Waals surface area contributed by atoms with Crippen LogP contribution in [0.1, 0.15) is 11.7 Å². The summed E-state index contributed by atoms with van der Waals surface area (Å²) in [4.78, 5) is 3.69. The Bertz CT molecular complexity index is 239. The topological polar surface area (TPSA) is 75.8 Å². The van der Waals surface area contributed by atoms with Crippen molar-refractivity contribution >= 4 is 12.4 Å². The SMILES string of the molecule is Cl.N#Cc1cnc(CN)o1. The lowest BCUT2D eigenvalue weighted by Gasteiger charge is -1.79. The average Bonchev–Trinajstić information content (AvgIpc) is 2.34. The minimum absolute atomic E-state index is 0. The Morgan fingerprint density at radius 1 is 1.80 bits per heavy atom. The summed E-state index contributed by atoms with van der Waals surface area (Å²) in [5.41, 5.74) is 5.15. The molecule has 0 radical (unpaired) electrons. The molecule has 0 bridgehead atoms. The van der Waals surface area contributed by atoms with E-state index in [4.69, 9.17) is 15.4 Å². The molecule has 0 aliphatic carbocycles. The Balaban J connectivity index is 0.000000810. The lowest BCUT2D eigenvalue weighted by atomic mass is 10.6. The largest absolute Gasteiger partial charge is 0.429 e. The highest BCUT2D eigenvalue weighted by atomic mass is 35.5. The fourth-order valence-corrected chi connectivity index (χ4v) is 0.456. The van der Waals surface area contributed by atoms with Crippen LogP contribution in [-0.4, -0.2) is 4.98 Å². The maximum atomic E-state index is 8.22. The van der Waals surface area contributed by atoms with Crippen LogP contribution in [0.2, 0.25) is 0 Å².